The minimum Gasteiger partial charge on any atom is -0.494 e. The van der Waals surface area contributed by atoms with Gasteiger partial charge in [-0.2, -0.15) is 0 Å². The van der Waals surface area contributed by atoms with Crippen LogP contribution in [0.4, 0.5) is 4.39 Å². The van der Waals surface area contributed by atoms with E-state index in [1.54, 1.807) is 18.5 Å². The standard InChI is InChI=1S/C17H21FN2O/c1-19-15(7-6-13-8-10-20-11-9-13)12-14-4-3-5-16(21-2)17(14)18/h3-5,8-11,15,19H,6-7,12H2,1-2H3. The van der Waals surface area contributed by atoms with Crippen LogP contribution >= 0.6 is 0 Å². The Morgan fingerprint density at radius 1 is 1.24 bits per heavy atom. The summed E-state index contributed by atoms with van der Waals surface area (Å²) >= 11 is 0. The molecule has 1 heterocycles. The van der Waals surface area contributed by atoms with E-state index >= 15 is 0 Å². The molecule has 0 aliphatic carbocycles. The van der Waals surface area contributed by atoms with E-state index in [1.165, 1.54) is 12.7 Å². The van der Waals surface area contributed by atoms with Gasteiger partial charge in [-0.15, -0.1) is 0 Å². The molecule has 0 saturated heterocycles. The molecule has 1 N–H and O–H groups in total. The van der Waals surface area contributed by atoms with Gasteiger partial charge in [0.2, 0.25) is 0 Å². The molecule has 3 nitrogen and oxygen atoms in total. The maximum absolute atomic E-state index is 14.2. The number of nitrogens with one attached hydrogen (secondary N) is 1. The number of halogens is 1. The molecule has 1 aromatic heterocycles. The maximum Gasteiger partial charge on any atom is 0.168 e. The Labute approximate surface area is 125 Å². The molecule has 1 atom stereocenters. The molecule has 21 heavy (non-hydrogen) atoms. The number of pyridine rings is 1. The summed E-state index contributed by atoms with van der Waals surface area (Å²) in [7, 11) is 3.40. The van der Waals surface area contributed by atoms with Gasteiger partial charge in [0.05, 0.1) is 7.11 Å². The Morgan fingerprint density at radius 2 is 2.00 bits per heavy atom. The van der Waals surface area contributed by atoms with Gasteiger partial charge < -0.3 is 10.1 Å². The molecular weight excluding hydrogens is 267 g/mol. The molecule has 0 amide bonds. The lowest BCUT2D eigenvalue weighted by Gasteiger charge is -2.17. The number of rotatable bonds is 7. The monoisotopic (exact) mass is 288 g/mol. The van der Waals surface area contributed by atoms with Crippen molar-refractivity contribution in [3.05, 3.63) is 59.7 Å². The molecule has 2 rings (SSSR count). The van der Waals surface area contributed by atoms with Gasteiger partial charge in [0.1, 0.15) is 0 Å². The number of aromatic nitrogens is 1. The van der Waals surface area contributed by atoms with E-state index in [0.717, 1.165) is 12.8 Å². The van der Waals surface area contributed by atoms with E-state index < -0.39 is 0 Å². The topological polar surface area (TPSA) is 34.2 Å². The lowest BCUT2D eigenvalue weighted by molar-refractivity contribution is 0.382. The van der Waals surface area contributed by atoms with Crippen LogP contribution in [0.2, 0.25) is 0 Å². The highest BCUT2D eigenvalue weighted by Gasteiger charge is 2.13. The number of ether oxygens (including phenoxy) is 1. The van der Waals surface area contributed by atoms with Crippen LogP contribution in [0.5, 0.6) is 5.75 Å². The van der Waals surface area contributed by atoms with E-state index in [-0.39, 0.29) is 11.9 Å². The Morgan fingerprint density at radius 3 is 2.67 bits per heavy atom. The van der Waals surface area contributed by atoms with Gasteiger partial charge in [-0.05, 0) is 55.6 Å². The summed E-state index contributed by atoms with van der Waals surface area (Å²) in [5, 5.41) is 3.26. The van der Waals surface area contributed by atoms with Gasteiger partial charge in [-0.1, -0.05) is 12.1 Å². The average molecular weight is 288 g/mol. The highest BCUT2D eigenvalue weighted by Crippen LogP contribution is 2.21. The summed E-state index contributed by atoms with van der Waals surface area (Å²) < 4.78 is 19.2. The molecule has 0 aliphatic heterocycles. The predicted molar refractivity (Wildman–Crippen MR) is 82.1 cm³/mol. The lowest BCUT2D eigenvalue weighted by Crippen LogP contribution is -2.28. The largest absolute Gasteiger partial charge is 0.494 e. The summed E-state index contributed by atoms with van der Waals surface area (Å²) in [4.78, 5) is 4.01. The van der Waals surface area contributed by atoms with Crippen molar-refractivity contribution in [3.8, 4) is 5.75 Å². The van der Waals surface area contributed by atoms with Crippen molar-refractivity contribution in [2.45, 2.75) is 25.3 Å². The quantitative estimate of drug-likeness (QED) is 0.850. The number of hydrogen-bond acceptors (Lipinski definition) is 3. The maximum atomic E-state index is 14.2. The van der Waals surface area contributed by atoms with Gasteiger partial charge in [0, 0.05) is 18.4 Å². The molecule has 4 heteroatoms. The second kappa shape index (κ2) is 7.74. The Balaban J connectivity index is 1.99. The van der Waals surface area contributed by atoms with Crippen molar-refractivity contribution < 1.29 is 9.13 Å². The SMILES string of the molecule is CNC(CCc1ccncc1)Cc1cccc(OC)c1F. The molecular formula is C17H21FN2O. The molecule has 0 aliphatic rings. The molecule has 0 saturated carbocycles. The van der Waals surface area contributed by atoms with E-state index in [4.69, 9.17) is 4.74 Å². The van der Waals surface area contributed by atoms with Crippen LogP contribution in [-0.4, -0.2) is 25.2 Å². The number of likely N-dealkylation sites (N-methyl/N-ethyl adjacent to an activating group) is 1. The first-order chi connectivity index (χ1) is 10.2. The van der Waals surface area contributed by atoms with Crippen LogP contribution in [0.1, 0.15) is 17.5 Å². The molecule has 0 fully saturated rings. The minimum absolute atomic E-state index is 0.222. The van der Waals surface area contributed by atoms with Crippen molar-refractivity contribution in [3.63, 3.8) is 0 Å². The van der Waals surface area contributed by atoms with Crippen molar-refractivity contribution in [1.82, 2.24) is 10.3 Å². The average Bonchev–Trinajstić information content (AvgIpc) is 2.54. The van der Waals surface area contributed by atoms with E-state index in [0.29, 0.717) is 17.7 Å². The molecule has 1 aromatic carbocycles. The van der Waals surface area contributed by atoms with Crippen molar-refractivity contribution in [2.24, 2.45) is 0 Å². The second-order valence-corrected chi connectivity index (χ2v) is 5.02. The number of methoxy groups -OCH3 is 1. The fourth-order valence-corrected chi connectivity index (χ4v) is 2.38. The molecule has 2 aromatic rings. The normalized spacial score (nSPS) is 12.1. The summed E-state index contributed by atoms with van der Waals surface area (Å²) in [5.41, 5.74) is 1.93. The van der Waals surface area contributed by atoms with Gasteiger partial charge in [-0.3, -0.25) is 4.98 Å². The second-order valence-electron chi connectivity index (χ2n) is 5.02. The third-order valence-electron chi connectivity index (χ3n) is 3.67. The zero-order chi connectivity index (χ0) is 15.1. The molecule has 112 valence electrons. The van der Waals surface area contributed by atoms with E-state index in [2.05, 4.69) is 10.3 Å². The van der Waals surface area contributed by atoms with Crippen LogP contribution in [-0.2, 0) is 12.8 Å². The fourth-order valence-electron chi connectivity index (χ4n) is 2.38. The first-order valence-electron chi connectivity index (χ1n) is 7.12. The zero-order valence-electron chi connectivity index (χ0n) is 12.5. The van der Waals surface area contributed by atoms with E-state index in [1.807, 2.05) is 31.3 Å². The highest BCUT2D eigenvalue weighted by molar-refractivity contribution is 5.31. The van der Waals surface area contributed by atoms with Gasteiger partial charge in [0.25, 0.3) is 0 Å². The molecule has 0 radical (unpaired) electrons. The first kappa shape index (κ1) is 15.4. The third-order valence-corrected chi connectivity index (χ3v) is 3.67. The smallest absolute Gasteiger partial charge is 0.168 e. The van der Waals surface area contributed by atoms with E-state index in [9.17, 15) is 4.39 Å². The number of hydrogen-bond donors (Lipinski definition) is 1. The molecule has 0 spiro atoms. The van der Waals surface area contributed by atoms with Crippen molar-refractivity contribution in [2.75, 3.05) is 14.2 Å². The number of benzene rings is 1. The van der Waals surface area contributed by atoms with Crippen LogP contribution in [0, 0.1) is 5.82 Å². The Bertz CT molecular complexity index is 560. The summed E-state index contributed by atoms with van der Waals surface area (Å²) in [6.07, 6.45) is 6.12. The van der Waals surface area contributed by atoms with Gasteiger partial charge >= 0.3 is 0 Å². The van der Waals surface area contributed by atoms with Gasteiger partial charge in [-0.25, -0.2) is 4.39 Å². The van der Waals surface area contributed by atoms with Crippen molar-refractivity contribution in [1.29, 1.82) is 0 Å². The lowest BCUT2D eigenvalue weighted by atomic mass is 9.99. The Hall–Kier alpha value is -1.94. The van der Waals surface area contributed by atoms with Crippen LogP contribution in [0.15, 0.2) is 42.7 Å². The predicted octanol–water partition coefficient (Wildman–Crippen LogP) is 2.99. The fraction of sp³-hybridized carbons (Fsp3) is 0.353. The minimum atomic E-state index is -0.260. The molecule has 0 bridgehead atoms. The highest BCUT2D eigenvalue weighted by atomic mass is 19.1. The van der Waals surface area contributed by atoms with Crippen LogP contribution in [0.3, 0.4) is 0 Å². The Kier molecular flexibility index (Phi) is 5.69. The summed E-state index contributed by atoms with van der Waals surface area (Å²) in [5.74, 6) is 0.0423. The van der Waals surface area contributed by atoms with Crippen LogP contribution < -0.4 is 10.1 Å². The number of aryl methyl sites for hydroxylation is 1. The summed E-state index contributed by atoms with van der Waals surface area (Å²) in [6, 6.07) is 9.53. The zero-order valence-corrected chi connectivity index (χ0v) is 12.5. The number of nitrogens with zero attached hydrogens (tertiary/aromatic N) is 1. The molecule has 1 unspecified atom stereocenters. The summed E-state index contributed by atoms with van der Waals surface area (Å²) in [6.45, 7) is 0. The third kappa shape index (κ3) is 4.26. The van der Waals surface area contributed by atoms with Crippen molar-refractivity contribution >= 4 is 0 Å². The van der Waals surface area contributed by atoms with Gasteiger partial charge in [0.15, 0.2) is 11.6 Å². The van der Waals surface area contributed by atoms with Crippen LogP contribution in [0.25, 0.3) is 0 Å². The first-order valence-corrected chi connectivity index (χ1v) is 7.12.